The van der Waals surface area contributed by atoms with Gasteiger partial charge in [-0.1, -0.05) is 73.1 Å². The van der Waals surface area contributed by atoms with Crippen LogP contribution in [-0.2, 0) is 9.47 Å². The standard InChI is InChI=1S/C24H46N2O4/c1-6-8-10-12-14-29-21(27)25-19-24(5)17-20(16-23(3,4)18-24)26-22(28)30-15-13-11-9-7-2/h20H,6-19H2,1-5H3,(H,25,27)(H,26,28). The first-order valence-corrected chi connectivity index (χ1v) is 12.0. The fourth-order valence-corrected chi connectivity index (χ4v) is 4.80. The number of hydrogen-bond donors (Lipinski definition) is 2. The maximum Gasteiger partial charge on any atom is 0.407 e. The maximum absolute atomic E-state index is 12.2. The highest BCUT2D eigenvalue weighted by molar-refractivity contribution is 5.68. The van der Waals surface area contributed by atoms with Crippen LogP contribution in [0.5, 0.6) is 0 Å². The number of amides is 2. The van der Waals surface area contributed by atoms with Crippen molar-refractivity contribution in [1.29, 1.82) is 0 Å². The molecule has 0 saturated heterocycles. The van der Waals surface area contributed by atoms with E-state index >= 15 is 0 Å². The van der Waals surface area contributed by atoms with Crippen LogP contribution in [0.2, 0.25) is 0 Å². The van der Waals surface area contributed by atoms with Gasteiger partial charge < -0.3 is 20.1 Å². The van der Waals surface area contributed by atoms with Gasteiger partial charge in [0, 0.05) is 12.6 Å². The Balaban J connectivity index is 2.42. The van der Waals surface area contributed by atoms with E-state index in [9.17, 15) is 9.59 Å². The Labute approximate surface area is 184 Å². The number of carbonyl (C=O) groups is 2. The first-order valence-electron chi connectivity index (χ1n) is 12.0. The summed E-state index contributed by atoms with van der Waals surface area (Å²) >= 11 is 0. The zero-order chi connectivity index (χ0) is 22.5. The quantitative estimate of drug-likeness (QED) is 0.345. The van der Waals surface area contributed by atoms with Gasteiger partial charge in [0.15, 0.2) is 0 Å². The molecule has 0 radical (unpaired) electrons. The van der Waals surface area contributed by atoms with Gasteiger partial charge in [-0.15, -0.1) is 0 Å². The van der Waals surface area contributed by atoms with Crippen molar-refractivity contribution in [3.8, 4) is 0 Å². The second-order valence-corrected chi connectivity index (χ2v) is 10.1. The lowest BCUT2D eigenvalue weighted by Crippen LogP contribution is -2.50. The first kappa shape index (κ1) is 26.6. The monoisotopic (exact) mass is 426 g/mol. The molecule has 2 atom stereocenters. The number of hydrogen-bond acceptors (Lipinski definition) is 4. The molecule has 2 unspecified atom stereocenters. The lowest BCUT2D eigenvalue weighted by molar-refractivity contribution is 0.0621. The molecule has 2 amide bonds. The number of nitrogens with one attached hydrogen (secondary N) is 2. The summed E-state index contributed by atoms with van der Waals surface area (Å²) in [4.78, 5) is 24.3. The van der Waals surface area contributed by atoms with Crippen LogP contribution in [0.1, 0.15) is 105 Å². The minimum atomic E-state index is -0.341. The number of alkyl carbamates (subject to hydrolysis) is 2. The molecule has 0 bridgehead atoms. The number of unbranched alkanes of at least 4 members (excludes halogenated alkanes) is 6. The van der Waals surface area contributed by atoms with Crippen LogP contribution in [0, 0.1) is 10.8 Å². The smallest absolute Gasteiger partial charge is 0.407 e. The molecular formula is C24H46N2O4. The van der Waals surface area contributed by atoms with Crippen molar-refractivity contribution in [2.24, 2.45) is 10.8 Å². The van der Waals surface area contributed by atoms with E-state index in [1.807, 2.05) is 0 Å². The summed E-state index contributed by atoms with van der Waals surface area (Å²) < 4.78 is 10.7. The third-order valence-corrected chi connectivity index (χ3v) is 5.89. The van der Waals surface area contributed by atoms with Crippen molar-refractivity contribution >= 4 is 12.2 Å². The summed E-state index contributed by atoms with van der Waals surface area (Å²) in [7, 11) is 0. The topological polar surface area (TPSA) is 76.7 Å². The summed E-state index contributed by atoms with van der Waals surface area (Å²) in [5.41, 5.74) is -0.0140. The molecule has 1 fully saturated rings. The molecule has 0 aromatic heterocycles. The normalized spacial score (nSPS) is 22.9. The van der Waals surface area contributed by atoms with Gasteiger partial charge in [-0.25, -0.2) is 9.59 Å². The lowest BCUT2D eigenvalue weighted by Gasteiger charge is -2.46. The van der Waals surface area contributed by atoms with Gasteiger partial charge >= 0.3 is 12.2 Å². The maximum atomic E-state index is 12.2. The summed E-state index contributed by atoms with van der Waals surface area (Å²) in [6, 6.07) is 0.0498. The van der Waals surface area contributed by atoms with Crippen molar-refractivity contribution in [2.45, 2.75) is 111 Å². The molecule has 6 nitrogen and oxygen atoms in total. The Kier molecular flexibility index (Phi) is 12.2. The van der Waals surface area contributed by atoms with Crippen LogP contribution in [0.15, 0.2) is 0 Å². The molecule has 0 aromatic rings. The number of rotatable bonds is 13. The van der Waals surface area contributed by atoms with E-state index < -0.39 is 0 Å². The Morgan fingerprint density at radius 1 is 0.833 bits per heavy atom. The number of carbonyl (C=O) groups excluding carboxylic acids is 2. The van der Waals surface area contributed by atoms with E-state index in [2.05, 4.69) is 45.3 Å². The van der Waals surface area contributed by atoms with Crippen LogP contribution in [0.4, 0.5) is 9.59 Å². The average molecular weight is 427 g/mol. The Morgan fingerprint density at radius 3 is 1.97 bits per heavy atom. The van der Waals surface area contributed by atoms with Crippen molar-refractivity contribution in [1.82, 2.24) is 10.6 Å². The lowest BCUT2D eigenvalue weighted by atomic mass is 9.62. The SMILES string of the molecule is CCCCCCOC(=O)NCC1(C)CC(NC(=O)OCCCCCC)CC(C)(C)C1. The van der Waals surface area contributed by atoms with E-state index in [4.69, 9.17) is 9.47 Å². The van der Waals surface area contributed by atoms with E-state index in [1.54, 1.807) is 0 Å². The molecule has 1 saturated carbocycles. The summed E-state index contributed by atoms with van der Waals surface area (Å²) in [5, 5.41) is 6.00. The average Bonchev–Trinajstić information content (AvgIpc) is 2.64. The molecule has 176 valence electrons. The highest BCUT2D eigenvalue weighted by Gasteiger charge is 2.42. The fraction of sp³-hybridized carbons (Fsp3) is 0.917. The molecule has 2 N–H and O–H groups in total. The number of ether oxygens (including phenoxy) is 2. The highest BCUT2D eigenvalue weighted by Crippen LogP contribution is 2.45. The predicted molar refractivity (Wildman–Crippen MR) is 122 cm³/mol. The molecular weight excluding hydrogens is 380 g/mol. The van der Waals surface area contributed by atoms with Crippen LogP contribution in [-0.4, -0.2) is 38.0 Å². The fourth-order valence-electron chi connectivity index (χ4n) is 4.80. The zero-order valence-corrected chi connectivity index (χ0v) is 20.1. The summed E-state index contributed by atoms with van der Waals surface area (Å²) in [5.74, 6) is 0. The van der Waals surface area contributed by atoms with Gasteiger partial charge in [-0.05, 0) is 42.9 Å². The van der Waals surface area contributed by atoms with Crippen molar-refractivity contribution in [2.75, 3.05) is 19.8 Å². The molecule has 30 heavy (non-hydrogen) atoms. The van der Waals surface area contributed by atoms with Gasteiger partial charge in [0.2, 0.25) is 0 Å². The van der Waals surface area contributed by atoms with Gasteiger partial charge in [-0.3, -0.25) is 0 Å². The van der Waals surface area contributed by atoms with Gasteiger partial charge in [0.25, 0.3) is 0 Å². The predicted octanol–water partition coefficient (Wildman–Crippen LogP) is 6.18. The van der Waals surface area contributed by atoms with E-state index in [-0.39, 0.29) is 29.1 Å². The highest BCUT2D eigenvalue weighted by atomic mass is 16.6. The molecule has 0 aromatic carbocycles. The molecule has 6 heteroatoms. The molecule has 1 rings (SSSR count). The third kappa shape index (κ3) is 11.7. The van der Waals surface area contributed by atoms with Crippen molar-refractivity contribution in [3.05, 3.63) is 0 Å². The van der Waals surface area contributed by atoms with E-state index in [1.165, 1.54) is 25.7 Å². The molecule has 1 aliphatic carbocycles. The minimum absolute atomic E-state index is 0.0498. The summed E-state index contributed by atoms with van der Waals surface area (Å²) in [6.45, 7) is 12.5. The second kappa shape index (κ2) is 13.8. The molecule has 1 aliphatic rings. The third-order valence-electron chi connectivity index (χ3n) is 5.89. The first-order chi connectivity index (χ1) is 14.2. The molecule has 0 spiro atoms. The van der Waals surface area contributed by atoms with Gasteiger partial charge in [0.1, 0.15) is 0 Å². The van der Waals surface area contributed by atoms with Crippen molar-refractivity contribution < 1.29 is 19.1 Å². The van der Waals surface area contributed by atoms with Crippen LogP contribution in [0.25, 0.3) is 0 Å². The Hall–Kier alpha value is -1.46. The van der Waals surface area contributed by atoms with E-state index in [0.717, 1.165) is 44.9 Å². The minimum Gasteiger partial charge on any atom is -0.450 e. The van der Waals surface area contributed by atoms with Crippen molar-refractivity contribution in [3.63, 3.8) is 0 Å². The van der Waals surface area contributed by atoms with Crippen LogP contribution >= 0.6 is 0 Å². The Morgan fingerprint density at radius 2 is 1.40 bits per heavy atom. The van der Waals surface area contributed by atoms with Crippen LogP contribution in [0.3, 0.4) is 0 Å². The largest absolute Gasteiger partial charge is 0.450 e. The zero-order valence-electron chi connectivity index (χ0n) is 20.1. The molecule has 0 heterocycles. The van der Waals surface area contributed by atoms with Gasteiger partial charge in [-0.2, -0.15) is 0 Å². The van der Waals surface area contributed by atoms with Crippen LogP contribution < -0.4 is 10.6 Å². The molecule has 0 aliphatic heterocycles. The van der Waals surface area contributed by atoms with Gasteiger partial charge in [0.05, 0.1) is 13.2 Å². The van der Waals surface area contributed by atoms with E-state index in [0.29, 0.717) is 19.8 Å². The summed E-state index contributed by atoms with van der Waals surface area (Å²) in [6.07, 6.45) is 10.8. The second-order valence-electron chi connectivity index (χ2n) is 10.1. The Bertz CT molecular complexity index is 509.